The summed E-state index contributed by atoms with van der Waals surface area (Å²) in [5.74, 6) is 0.246. The molecule has 32 heavy (non-hydrogen) atoms. The summed E-state index contributed by atoms with van der Waals surface area (Å²) in [6.07, 6.45) is 0.413. The lowest BCUT2D eigenvalue weighted by atomic mass is 9.75. The molecule has 0 aromatic heterocycles. The van der Waals surface area contributed by atoms with Crippen molar-refractivity contribution in [3.8, 4) is 35.0 Å². The maximum atomic E-state index is 13.1. The normalized spacial score (nSPS) is 15.1. The van der Waals surface area contributed by atoms with Gasteiger partial charge in [0.05, 0.1) is 0 Å². The van der Waals surface area contributed by atoms with Crippen LogP contribution in [0.1, 0.15) is 38.3 Å². The summed E-state index contributed by atoms with van der Waals surface area (Å²) in [6.45, 7) is 7.91. The van der Waals surface area contributed by atoms with Crippen molar-refractivity contribution in [2.45, 2.75) is 45.9 Å². The van der Waals surface area contributed by atoms with E-state index >= 15 is 0 Å². The van der Waals surface area contributed by atoms with E-state index < -0.39 is 23.5 Å². The molecule has 0 radical (unpaired) electrons. The fourth-order valence-corrected chi connectivity index (χ4v) is 3.94. The number of alkyl halides is 3. The van der Waals surface area contributed by atoms with Gasteiger partial charge in [0.1, 0.15) is 11.5 Å². The number of rotatable bonds is 4. The number of hydrogen-bond acceptors (Lipinski definition) is 4. The van der Waals surface area contributed by atoms with Crippen LogP contribution in [0.2, 0.25) is 0 Å². The molecule has 1 heterocycles. The van der Waals surface area contributed by atoms with E-state index in [1.165, 1.54) is 12.1 Å². The first-order chi connectivity index (χ1) is 14.9. The largest absolute Gasteiger partial charge is 0.573 e. The van der Waals surface area contributed by atoms with Gasteiger partial charge < -0.3 is 14.4 Å². The Balaban J connectivity index is 2.25. The number of halogens is 3. The molecule has 2 aromatic rings. The van der Waals surface area contributed by atoms with E-state index in [2.05, 4.69) is 4.74 Å². The number of nitrogens with zero attached hydrogens (tertiary/aromatic N) is 1. The van der Waals surface area contributed by atoms with Crippen molar-refractivity contribution >= 4 is 17.6 Å². The van der Waals surface area contributed by atoms with Crippen LogP contribution in [0.4, 0.5) is 18.9 Å². The number of esters is 1. The predicted octanol–water partition coefficient (Wildman–Crippen LogP) is 5.13. The van der Waals surface area contributed by atoms with Crippen molar-refractivity contribution in [1.82, 2.24) is 0 Å². The third-order valence-corrected chi connectivity index (χ3v) is 5.37. The topological polar surface area (TPSA) is 55.8 Å². The molecule has 0 aliphatic carbocycles. The molecule has 168 valence electrons. The molecule has 0 N–H and O–H groups in total. The number of benzene rings is 2. The van der Waals surface area contributed by atoms with Crippen molar-refractivity contribution in [2.24, 2.45) is 0 Å². The summed E-state index contributed by atoms with van der Waals surface area (Å²) >= 11 is 0. The van der Waals surface area contributed by atoms with E-state index in [0.29, 0.717) is 29.8 Å². The number of hydrogen-bond donors (Lipinski definition) is 0. The fraction of sp³-hybridized carbons (Fsp3) is 0.333. The van der Waals surface area contributed by atoms with Gasteiger partial charge in [-0.3, -0.25) is 4.79 Å². The highest BCUT2D eigenvalue weighted by molar-refractivity contribution is 5.99. The van der Waals surface area contributed by atoms with Crippen LogP contribution >= 0.6 is 0 Å². The minimum atomic E-state index is -4.93. The molecule has 3 rings (SSSR count). The van der Waals surface area contributed by atoms with Gasteiger partial charge in [0.15, 0.2) is 0 Å². The van der Waals surface area contributed by atoms with Crippen LogP contribution < -0.4 is 14.4 Å². The summed E-state index contributed by atoms with van der Waals surface area (Å²) in [7, 11) is 0. The average Bonchev–Trinajstić information content (AvgIpc) is 2.68. The third kappa shape index (κ3) is 4.57. The van der Waals surface area contributed by atoms with Gasteiger partial charge in [-0.1, -0.05) is 19.9 Å². The Labute approximate surface area is 184 Å². The molecule has 0 atom stereocenters. The lowest BCUT2D eigenvalue weighted by Crippen LogP contribution is -2.41. The second-order valence-corrected chi connectivity index (χ2v) is 8.12. The molecule has 8 heteroatoms. The summed E-state index contributed by atoms with van der Waals surface area (Å²) in [5, 5.41) is 0. The number of terminal acetylenes is 1. The highest BCUT2D eigenvalue weighted by Crippen LogP contribution is 2.45. The lowest BCUT2D eigenvalue weighted by Gasteiger charge is -2.39. The SMILES string of the molecule is C#CC(=O)Oc1ccc(OC(F)(F)F)c(-c2cc3c(cc2C)C(C)(C)CC(=O)N3CC)c1. The van der Waals surface area contributed by atoms with Crippen LogP contribution in [-0.2, 0) is 15.0 Å². The average molecular weight is 445 g/mol. The monoisotopic (exact) mass is 445 g/mol. The molecule has 2 aromatic carbocycles. The Kier molecular flexibility index (Phi) is 5.96. The number of ether oxygens (including phenoxy) is 2. The Morgan fingerprint density at radius 2 is 1.91 bits per heavy atom. The molecular formula is C24H22F3NO4. The van der Waals surface area contributed by atoms with Crippen molar-refractivity contribution in [2.75, 3.05) is 11.4 Å². The molecule has 0 unspecified atom stereocenters. The Bertz CT molecular complexity index is 1130. The number of amides is 1. The highest BCUT2D eigenvalue weighted by Gasteiger charge is 2.37. The first-order valence-corrected chi connectivity index (χ1v) is 9.90. The molecule has 1 amide bonds. The van der Waals surface area contributed by atoms with Gasteiger partial charge in [-0.05, 0) is 54.8 Å². The summed E-state index contributed by atoms with van der Waals surface area (Å²) in [5.41, 5.74) is 2.25. The van der Waals surface area contributed by atoms with E-state index in [-0.39, 0.29) is 17.2 Å². The van der Waals surface area contributed by atoms with Crippen LogP contribution in [0.3, 0.4) is 0 Å². The summed E-state index contributed by atoms with van der Waals surface area (Å²) in [4.78, 5) is 25.8. The van der Waals surface area contributed by atoms with Crippen molar-refractivity contribution in [1.29, 1.82) is 0 Å². The van der Waals surface area contributed by atoms with Crippen molar-refractivity contribution < 1.29 is 32.2 Å². The van der Waals surface area contributed by atoms with Gasteiger partial charge in [0, 0.05) is 35.6 Å². The smallest absolute Gasteiger partial charge is 0.417 e. The quantitative estimate of drug-likeness (QED) is 0.283. The number of aryl methyl sites for hydroxylation is 1. The first-order valence-electron chi connectivity index (χ1n) is 9.90. The van der Waals surface area contributed by atoms with Gasteiger partial charge in [-0.25, -0.2) is 4.79 Å². The van der Waals surface area contributed by atoms with Crippen molar-refractivity contribution in [3.05, 3.63) is 41.5 Å². The summed E-state index contributed by atoms with van der Waals surface area (Å²) < 4.78 is 48.4. The first kappa shape index (κ1) is 23.2. The zero-order chi connectivity index (χ0) is 23.8. The zero-order valence-corrected chi connectivity index (χ0v) is 18.1. The molecule has 5 nitrogen and oxygen atoms in total. The van der Waals surface area contributed by atoms with Gasteiger partial charge >= 0.3 is 12.3 Å². The van der Waals surface area contributed by atoms with E-state index in [0.717, 1.165) is 11.6 Å². The van der Waals surface area contributed by atoms with Crippen LogP contribution in [0.15, 0.2) is 30.3 Å². The van der Waals surface area contributed by atoms with Crippen molar-refractivity contribution in [3.63, 3.8) is 0 Å². The zero-order valence-electron chi connectivity index (χ0n) is 18.1. The van der Waals surface area contributed by atoms with Crippen LogP contribution in [0.25, 0.3) is 11.1 Å². The van der Waals surface area contributed by atoms with E-state index in [4.69, 9.17) is 11.2 Å². The molecule has 0 saturated carbocycles. The van der Waals surface area contributed by atoms with E-state index in [9.17, 15) is 22.8 Å². The molecule has 0 saturated heterocycles. The molecular weight excluding hydrogens is 423 g/mol. The number of anilines is 1. The fourth-order valence-electron chi connectivity index (χ4n) is 3.94. The third-order valence-electron chi connectivity index (χ3n) is 5.37. The molecule has 1 aliphatic rings. The number of carbonyl (C=O) groups excluding carboxylic acids is 2. The van der Waals surface area contributed by atoms with Gasteiger partial charge in [-0.2, -0.15) is 0 Å². The molecule has 0 bridgehead atoms. The van der Waals surface area contributed by atoms with Gasteiger partial charge in [0.25, 0.3) is 0 Å². The second kappa shape index (κ2) is 8.23. The van der Waals surface area contributed by atoms with Crippen LogP contribution in [0, 0.1) is 19.3 Å². The Hall–Kier alpha value is -3.47. The van der Waals surface area contributed by atoms with E-state index in [1.54, 1.807) is 23.8 Å². The Morgan fingerprint density at radius 3 is 2.50 bits per heavy atom. The standard InChI is InChI=1S/C24H22F3NO4/c1-6-22(30)31-15-8-9-20(32-24(25,26)27)17(11-15)16-12-19-18(10-14(16)3)23(4,5)13-21(29)28(19)7-2/h1,8-12H,7,13H2,2-5H3. The molecule has 0 fully saturated rings. The van der Waals surface area contributed by atoms with Gasteiger partial charge in [-0.15, -0.1) is 19.6 Å². The Morgan fingerprint density at radius 1 is 1.22 bits per heavy atom. The number of fused-ring (bicyclic) bond motifs is 1. The summed E-state index contributed by atoms with van der Waals surface area (Å²) in [6, 6.07) is 7.04. The van der Waals surface area contributed by atoms with E-state index in [1.807, 2.05) is 26.8 Å². The minimum absolute atomic E-state index is 0.0293. The maximum Gasteiger partial charge on any atom is 0.573 e. The minimum Gasteiger partial charge on any atom is -0.417 e. The molecule has 1 aliphatic heterocycles. The second-order valence-electron chi connectivity index (χ2n) is 8.12. The lowest BCUT2D eigenvalue weighted by molar-refractivity contribution is -0.274. The maximum absolute atomic E-state index is 13.1. The van der Waals surface area contributed by atoms with Gasteiger partial charge in [0.2, 0.25) is 5.91 Å². The number of carbonyl (C=O) groups is 2. The van der Waals surface area contributed by atoms with Crippen LogP contribution in [-0.4, -0.2) is 24.8 Å². The van der Waals surface area contributed by atoms with Crippen LogP contribution in [0.5, 0.6) is 11.5 Å². The molecule has 0 spiro atoms. The highest BCUT2D eigenvalue weighted by atomic mass is 19.4. The predicted molar refractivity (Wildman–Crippen MR) is 113 cm³/mol.